The molecule has 2 rings (SSSR count). The predicted molar refractivity (Wildman–Crippen MR) is 76.9 cm³/mol. The monoisotopic (exact) mass is 260 g/mol. The third-order valence-electron chi connectivity index (χ3n) is 3.06. The second kappa shape index (κ2) is 5.45. The molecule has 0 amide bonds. The molecule has 0 radical (unpaired) electrons. The second-order valence-electron chi connectivity index (χ2n) is 4.83. The molecule has 1 heterocycles. The van der Waals surface area contributed by atoms with Gasteiger partial charge in [0.25, 0.3) is 0 Å². The van der Waals surface area contributed by atoms with E-state index in [1.54, 1.807) is 14.2 Å². The number of nitrogens with two attached hydrogens (primary N) is 1. The van der Waals surface area contributed by atoms with Gasteiger partial charge in [-0.05, 0) is 38.0 Å². The minimum absolute atomic E-state index is 0.0993. The number of aryl methyl sites for hydroxylation is 1. The van der Waals surface area contributed by atoms with Crippen molar-refractivity contribution in [2.24, 2.45) is 5.73 Å². The Labute approximate surface area is 113 Å². The smallest absolute Gasteiger partial charge is 0.148 e. The molecule has 0 aliphatic carbocycles. The highest BCUT2D eigenvalue weighted by Crippen LogP contribution is 2.32. The third-order valence-corrected chi connectivity index (χ3v) is 3.06. The molecule has 0 saturated carbocycles. The lowest BCUT2D eigenvalue weighted by atomic mass is 10.0. The van der Waals surface area contributed by atoms with Crippen LogP contribution in [0, 0.1) is 6.92 Å². The van der Waals surface area contributed by atoms with Crippen LogP contribution in [-0.2, 0) is 6.42 Å². The Hall–Kier alpha value is -1.81. The van der Waals surface area contributed by atoms with Crippen LogP contribution in [0.5, 0.6) is 11.5 Å². The van der Waals surface area contributed by atoms with E-state index in [4.69, 9.17) is 15.2 Å². The molecule has 0 aliphatic rings. The largest absolute Gasteiger partial charge is 0.497 e. The predicted octanol–water partition coefficient (Wildman–Crippen LogP) is 2.45. The number of benzene rings is 1. The van der Waals surface area contributed by atoms with E-state index >= 15 is 0 Å². The molecule has 19 heavy (non-hydrogen) atoms. The number of fused-ring (bicyclic) bond motifs is 1. The number of hydrogen-bond donors (Lipinski definition) is 1. The number of methoxy groups -OCH3 is 2. The molecule has 0 fully saturated rings. The molecule has 2 aromatic rings. The van der Waals surface area contributed by atoms with E-state index in [9.17, 15) is 0 Å². The van der Waals surface area contributed by atoms with Crippen LogP contribution in [0.4, 0.5) is 0 Å². The zero-order chi connectivity index (χ0) is 14.0. The van der Waals surface area contributed by atoms with Crippen LogP contribution in [0.2, 0.25) is 0 Å². The Morgan fingerprint density at radius 3 is 2.53 bits per heavy atom. The summed E-state index contributed by atoms with van der Waals surface area (Å²) in [5.41, 5.74) is 8.92. The second-order valence-corrected chi connectivity index (χ2v) is 4.83. The van der Waals surface area contributed by atoms with Gasteiger partial charge in [0.1, 0.15) is 17.0 Å². The molecular weight excluding hydrogens is 240 g/mol. The van der Waals surface area contributed by atoms with Crippen LogP contribution < -0.4 is 15.2 Å². The molecule has 0 aliphatic heterocycles. The first-order valence-electron chi connectivity index (χ1n) is 6.33. The van der Waals surface area contributed by atoms with Gasteiger partial charge in [0.15, 0.2) is 0 Å². The molecule has 2 N–H and O–H groups in total. The van der Waals surface area contributed by atoms with Gasteiger partial charge < -0.3 is 15.2 Å². The lowest BCUT2D eigenvalue weighted by Crippen LogP contribution is -2.18. The first-order chi connectivity index (χ1) is 9.05. The SMILES string of the molecule is COc1cc(OC)c2nc(C)cc(CC(C)N)c2c1. The zero-order valence-electron chi connectivity index (χ0n) is 11.9. The Morgan fingerprint density at radius 1 is 1.21 bits per heavy atom. The van der Waals surface area contributed by atoms with Crippen LogP contribution in [0.1, 0.15) is 18.2 Å². The van der Waals surface area contributed by atoms with Crippen LogP contribution in [0.25, 0.3) is 10.9 Å². The van der Waals surface area contributed by atoms with Crippen molar-refractivity contribution < 1.29 is 9.47 Å². The number of hydrogen-bond acceptors (Lipinski definition) is 4. The summed E-state index contributed by atoms with van der Waals surface area (Å²) < 4.78 is 10.7. The topological polar surface area (TPSA) is 57.4 Å². The molecule has 4 heteroatoms. The van der Waals surface area contributed by atoms with E-state index in [0.29, 0.717) is 0 Å². The summed E-state index contributed by atoms with van der Waals surface area (Å²) in [6.07, 6.45) is 0.802. The summed E-state index contributed by atoms with van der Waals surface area (Å²) in [4.78, 5) is 4.57. The van der Waals surface area contributed by atoms with Gasteiger partial charge in [-0.15, -0.1) is 0 Å². The van der Waals surface area contributed by atoms with Gasteiger partial charge in [-0.1, -0.05) is 0 Å². The standard InChI is InChI=1S/C15H20N2O2/c1-9(16)5-11-6-10(2)17-15-13(11)7-12(18-3)8-14(15)19-4/h6-9H,5,16H2,1-4H3. The fourth-order valence-electron chi connectivity index (χ4n) is 2.27. The summed E-state index contributed by atoms with van der Waals surface area (Å²) >= 11 is 0. The average molecular weight is 260 g/mol. The van der Waals surface area contributed by atoms with E-state index in [1.165, 1.54) is 5.56 Å². The number of aromatic nitrogens is 1. The third kappa shape index (κ3) is 2.79. The minimum atomic E-state index is 0.0993. The number of rotatable bonds is 4. The van der Waals surface area contributed by atoms with Crippen molar-refractivity contribution in [2.75, 3.05) is 14.2 Å². The van der Waals surface area contributed by atoms with Gasteiger partial charge in [0, 0.05) is 23.2 Å². The molecule has 1 aromatic carbocycles. The van der Waals surface area contributed by atoms with Crippen molar-refractivity contribution in [2.45, 2.75) is 26.3 Å². The van der Waals surface area contributed by atoms with E-state index in [-0.39, 0.29) is 6.04 Å². The maximum absolute atomic E-state index is 5.92. The van der Waals surface area contributed by atoms with E-state index < -0.39 is 0 Å². The lowest BCUT2D eigenvalue weighted by Gasteiger charge is -2.14. The molecule has 0 spiro atoms. The van der Waals surface area contributed by atoms with Crippen molar-refractivity contribution >= 4 is 10.9 Å². The highest BCUT2D eigenvalue weighted by Gasteiger charge is 2.12. The van der Waals surface area contributed by atoms with Gasteiger partial charge in [-0.3, -0.25) is 0 Å². The molecule has 1 atom stereocenters. The number of nitrogens with zero attached hydrogens (tertiary/aromatic N) is 1. The summed E-state index contributed by atoms with van der Waals surface area (Å²) in [5, 5.41) is 1.04. The first-order valence-corrected chi connectivity index (χ1v) is 6.33. The van der Waals surface area contributed by atoms with Gasteiger partial charge in [0.05, 0.1) is 14.2 Å². The number of pyridine rings is 1. The number of ether oxygens (including phenoxy) is 2. The first kappa shape index (κ1) is 13.6. The molecule has 0 bridgehead atoms. The minimum Gasteiger partial charge on any atom is -0.497 e. The molecule has 4 nitrogen and oxygen atoms in total. The molecule has 1 aromatic heterocycles. The van der Waals surface area contributed by atoms with Gasteiger partial charge >= 0.3 is 0 Å². The van der Waals surface area contributed by atoms with Crippen molar-refractivity contribution in [1.29, 1.82) is 0 Å². The Bertz CT molecular complexity index is 594. The zero-order valence-corrected chi connectivity index (χ0v) is 11.9. The van der Waals surface area contributed by atoms with Crippen molar-refractivity contribution in [1.82, 2.24) is 4.98 Å². The maximum Gasteiger partial charge on any atom is 0.148 e. The Kier molecular flexibility index (Phi) is 3.90. The Morgan fingerprint density at radius 2 is 1.95 bits per heavy atom. The van der Waals surface area contributed by atoms with Gasteiger partial charge in [-0.25, -0.2) is 4.98 Å². The molecule has 0 saturated heterocycles. The van der Waals surface area contributed by atoms with Crippen LogP contribution >= 0.6 is 0 Å². The summed E-state index contributed by atoms with van der Waals surface area (Å²) in [6.45, 7) is 3.98. The van der Waals surface area contributed by atoms with Gasteiger partial charge in [0.2, 0.25) is 0 Å². The van der Waals surface area contributed by atoms with Gasteiger partial charge in [-0.2, -0.15) is 0 Å². The van der Waals surface area contributed by atoms with Crippen LogP contribution in [0.3, 0.4) is 0 Å². The lowest BCUT2D eigenvalue weighted by molar-refractivity contribution is 0.397. The van der Waals surface area contributed by atoms with Crippen LogP contribution in [0.15, 0.2) is 18.2 Å². The van der Waals surface area contributed by atoms with Crippen molar-refractivity contribution in [3.05, 3.63) is 29.5 Å². The van der Waals surface area contributed by atoms with Crippen LogP contribution in [-0.4, -0.2) is 25.2 Å². The van der Waals surface area contributed by atoms with Crippen molar-refractivity contribution in [3.63, 3.8) is 0 Å². The van der Waals surface area contributed by atoms with E-state index in [1.807, 2.05) is 26.0 Å². The fourth-order valence-corrected chi connectivity index (χ4v) is 2.27. The Balaban J connectivity index is 2.73. The van der Waals surface area contributed by atoms with E-state index in [2.05, 4.69) is 11.1 Å². The highest BCUT2D eigenvalue weighted by molar-refractivity contribution is 5.89. The maximum atomic E-state index is 5.92. The average Bonchev–Trinajstić information content (AvgIpc) is 2.37. The highest BCUT2D eigenvalue weighted by atomic mass is 16.5. The normalized spacial score (nSPS) is 12.5. The van der Waals surface area contributed by atoms with E-state index in [0.717, 1.165) is 34.5 Å². The fraction of sp³-hybridized carbons (Fsp3) is 0.400. The summed E-state index contributed by atoms with van der Waals surface area (Å²) in [5.74, 6) is 1.49. The quantitative estimate of drug-likeness (QED) is 0.917. The molecular formula is C15H20N2O2. The summed E-state index contributed by atoms with van der Waals surface area (Å²) in [7, 11) is 3.29. The van der Waals surface area contributed by atoms with Crippen molar-refractivity contribution in [3.8, 4) is 11.5 Å². The molecule has 102 valence electrons. The molecule has 1 unspecified atom stereocenters. The summed E-state index contributed by atoms with van der Waals surface area (Å²) in [6, 6.07) is 6.01.